The van der Waals surface area contributed by atoms with Gasteiger partial charge in [0.25, 0.3) is 0 Å². The van der Waals surface area contributed by atoms with E-state index in [-0.39, 0.29) is 6.04 Å². The summed E-state index contributed by atoms with van der Waals surface area (Å²) in [6, 6.07) is 0.173. The SMILES string of the molecule is CCCNC(COCC)c1cnn2ccncc12. The van der Waals surface area contributed by atoms with Crippen LogP contribution in [-0.4, -0.2) is 34.4 Å². The van der Waals surface area contributed by atoms with E-state index >= 15 is 0 Å². The second-order valence-corrected chi connectivity index (χ2v) is 4.17. The average Bonchev–Trinajstić information content (AvgIpc) is 2.83. The van der Waals surface area contributed by atoms with Crippen LogP contribution in [0.1, 0.15) is 31.9 Å². The summed E-state index contributed by atoms with van der Waals surface area (Å²) >= 11 is 0. The molecule has 0 saturated carbocycles. The van der Waals surface area contributed by atoms with E-state index in [0.29, 0.717) is 6.61 Å². The number of ether oxygens (including phenoxy) is 1. The van der Waals surface area contributed by atoms with Crippen molar-refractivity contribution in [2.75, 3.05) is 19.8 Å². The van der Waals surface area contributed by atoms with Crippen molar-refractivity contribution in [2.45, 2.75) is 26.3 Å². The topological polar surface area (TPSA) is 51.5 Å². The fourth-order valence-electron chi connectivity index (χ4n) is 1.93. The molecule has 5 nitrogen and oxygen atoms in total. The summed E-state index contributed by atoms with van der Waals surface area (Å²) in [4.78, 5) is 4.16. The maximum Gasteiger partial charge on any atom is 0.0893 e. The molecule has 2 heterocycles. The highest BCUT2D eigenvalue weighted by molar-refractivity contribution is 5.53. The summed E-state index contributed by atoms with van der Waals surface area (Å²) < 4.78 is 7.39. The first kappa shape index (κ1) is 13.0. The third-order valence-electron chi connectivity index (χ3n) is 2.86. The van der Waals surface area contributed by atoms with E-state index in [1.807, 2.05) is 30.0 Å². The molecular weight excluding hydrogens is 228 g/mol. The van der Waals surface area contributed by atoms with E-state index in [0.717, 1.165) is 30.7 Å². The van der Waals surface area contributed by atoms with Crippen molar-refractivity contribution >= 4 is 5.52 Å². The van der Waals surface area contributed by atoms with Crippen molar-refractivity contribution in [2.24, 2.45) is 0 Å². The van der Waals surface area contributed by atoms with Gasteiger partial charge in [0.2, 0.25) is 0 Å². The van der Waals surface area contributed by atoms with Gasteiger partial charge >= 0.3 is 0 Å². The summed E-state index contributed by atoms with van der Waals surface area (Å²) in [5.41, 5.74) is 2.18. The second kappa shape index (κ2) is 6.47. The third kappa shape index (κ3) is 2.86. The van der Waals surface area contributed by atoms with Crippen LogP contribution in [0.15, 0.2) is 24.8 Å². The molecular formula is C13H20N4O. The van der Waals surface area contributed by atoms with Gasteiger partial charge in [-0.2, -0.15) is 5.10 Å². The van der Waals surface area contributed by atoms with E-state index < -0.39 is 0 Å². The molecule has 0 aliphatic rings. The predicted octanol–water partition coefficient (Wildman–Crippen LogP) is 1.81. The summed E-state index contributed by atoms with van der Waals surface area (Å²) in [5, 5.41) is 7.83. The Balaban J connectivity index is 2.22. The fraction of sp³-hybridized carbons (Fsp3) is 0.538. The lowest BCUT2D eigenvalue weighted by atomic mass is 10.1. The van der Waals surface area contributed by atoms with Crippen molar-refractivity contribution in [3.63, 3.8) is 0 Å². The molecule has 1 atom stereocenters. The fourth-order valence-corrected chi connectivity index (χ4v) is 1.93. The van der Waals surface area contributed by atoms with Gasteiger partial charge in [-0.1, -0.05) is 6.92 Å². The summed E-state index contributed by atoms with van der Waals surface area (Å²) in [6.45, 7) is 6.51. The van der Waals surface area contributed by atoms with E-state index in [1.165, 1.54) is 0 Å². The van der Waals surface area contributed by atoms with Crippen LogP contribution in [0.5, 0.6) is 0 Å². The minimum absolute atomic E-state index is 0.173. The average molecular weight is 248 g/mol. The minimum Gasteiger partial charge on any atom is -0.380 e. The molecule has 5 heteroatoms. The molecule has 98 valence electrons. The molecule has 0 spiro atoms. The molecule has 0 amide bonds. The van der Waals surface area contributed by atoms with Crippen LogP contribution in [0, 0.1) is 0 Å². The second-order valence-electron chi connectivity index (χ2n) is 4.17. The minimum atomic E-state index is 0.173. The first-order valence-electron chi connectivity index (χ1n) is 6.45. The van der Waals surface area contributed by atoms with Crippen LogP contribution in [0.25, 0.3) is 5.52 Å². The van der Waals surface area contributed by atoms with Crippen LogP contribution in [0.4, 0.5) is 0 Å². The molecule has 2 rings (SSSR count). The number of aromatic nitrogens is 3. The molecule has 2 aromatic rings. The van der Waals surface area contributed by atoms with E-state index in [2.05, 4.69) is 22.3 Å². The third-order valence-corrected chi connectivity index (χ3v) is 2.86. The van der Waals surface area contributed by atoms with Gasteiger partial charge in [0, 0.05) is 24.6 Å². The van der Waals surface area contributed by atoms with Crippen LogP contribution in [-0.2, 0) is 4.74 Å². The van der Waals surface area contributed by atoms with Crippen molar-refractivity contribution in [1.82, 2.24) is 19.9 Å². The van der Waals surface area contributed by atoms with Crippen LogP contribution >= 0.6 is 0 Å². The van der Waals surface area contributed by atoms with Gasteiger partial charge in [-0.05, 0) is 19.9 Å². The van der Waals surface area contributed by atoms with Gasteiger partial charge in [0.15, 0.2) is 0 Å². The Morgan fingerprint density at radius 3 is 3.06 bits per heavy atom. The Bertz CT molecular complexity index is 475. The summed E-state index contributed by atoms with van der Waals surface area (Å²) in [7, 11) is 0. The maximum atomic E-state index is 5.55. The Kier molecular flexibility index (Phi) is 4.66. The van der Waals surface area contributed by atoms with Gasteiger partial charge in [0.05, 0.1) is 30.6 Å². The smallest absolute Gasteiger partial charge is 0.0893 e. The normalized spacial score (nSPS) is 13.0. The summed E-state index contributed by atoms with van der Waals surface area (Å²) in [6.07, 6.45) is 8.43. The molecule has 0 fully saturated rings. The predicted molar refractivity (Wildman–Crippen MR) is 70.5 cm³/mol. The Labute approximate surface area is 107 Å². The Hall–Kier alpha value is -1.46. The highest BCUT2D eigenvalue weighted by Crippen LogP contribution is 2.18. The van der Waals surface area contributed by atoms with Gasteiger partial charge in [-0.25, -0.2) is 4.52 Å². The van der Waals surface area contributed by atoms with Crippen molar-refractivity contribution in [3.05, 3.63) is 30.4 Å². The largest absolute Gasteiger partial charge is 0.380 e. The number of hydrogen-bond acceptors (Lipinski definition) is 4. The zero-order valence-electron chi connectivity index (χ0n) is 11.0. The molecule has 1 N–H and O–H groups in total. The molecule has 0 saturated heterocycles. The first-order valence-corrected chi connectivity index (χ1v) is 6.45. The summed E-state index contributed by atoms with van der Waals surface area (Å²) in [5.74, 6) is 0. The number of nitrogens with one attached hydrogen (secondary N) is 1. The van der Waals surface area contributed by atoms with E-state index in [1.54, 1.807) is 6.20 Å². The number of rotatable bonds is 7. The molecule has 0 aliphatic heterocycles. The van der Waals surface area contributed by atoms with Crippen LogP contribution in [0.2, 0.25) is 0 Å². The first-order chi connectivity index (χ1) is 8.86. The van der Waals surface area contributed by atoms with Gasteiger partial charge < -0.3 is 10.1 Å². The standard InChI is InChI=1S/C13H20N4O/c1-3-5-15-12(10-18-4-2)11-8-16-17-7-6-14-9-13(11)17/h6-9,12,15H,3-5,10H2,1-2H3. The van der Waals surface area contributed by atoms with E-state index in [4.69, 9.17) is 4.74 Å². The number of hydrogen-bond donors (Lipinski definition) is 1. The Morgan fingerprint density at radius 1 is 1.39 bits per heavy atom. The number of fused-ring (bicyclic) bond motifs is 1. The molecule has 0 aromatic carbocycles. The quantitative estimate of drug-likeness (QED) is 0.812. The molecule has 1 unspecified atom stereocenters. The van der Waals surface area contributed by atoms with Crippen LogP contribution < -0.4 is 5.32 Å². The lowest BCUT2D eigenvalue weighted by molar-refractivity contribution is 0.123. The lowest BCUT2D eigenvalue weighted by Gasteiger charge is -2.17. The zero-order valence-corrected chi connectivity index (χ0v) is 11.0. The van der Waals surface area contributed by atoms with Crippen LogP contribution in [0.3, 0.4) is 0 Å². The molecule has 18 heavy (non-hydrogen) atoms. The van der Waals surface area contributed by atoms with E-state index in [9.17, 15) is 0 Å². The maximum absolute atomic E-state index is 5.55. The molecule has 2 aromatic heterocycles. The highest BCUT2D eigenvalue weighted by atomic mass is 16.5. The Morgan fingerprint density at radius 2 is 2.28 bits per heavy atom. The number of nitrogens with zero attached hydrogens (tertiary/aromatic N) is 3. The highest BCUT2D eigenvalue weighted by Gasteiger charge is 2.15. The van der Waals surface area contributed by atoms with Gasteiger partial charge in [-0.15, -0.1) is 0 Å². The van der Waals surface area contributed by atoms with Crippen molar-refractivity contribution < 1.29 is 4.74 Å². The van der Waals surface area contributed by atoms with Gasteiger partial charge in [0.1, 0.15) is 0 Å². The van der Waals surface area contributed by atoms with Crippen molar-refractivity contribution in [1.29, 1.82) is 0 Å². The molecule has 0 bridgehead atoms. The molecule has 0 radical (unpaired) electrons. The zero-order chi connectivity index (χ0) is 12.8. The molecule has 0 aliphatic carbocycles. The van der Waals surface area contributed by atoms with Crippen molar-refractivity contribution in [3.8, 4) is 0 Å². The van der Waals surface area contributed by atoms with Gasteiger partial charge in [-0.3, -0.25) is 4.98 Å². The lowest BCUT2D eigenvalue weighted by Crippen LogP contribution is -2.26. The monoisotopic (exact) mass is 248 g/mol.